The number of thioether (sulfide) groups is 1. The third kappa shape index (κ3) is 3.30. The summed E-state index contributed by atoms with van der Waals surface area (Å²) in [4.78, 5) is 18.6. The number of hydrogen-bond acceptors (Lipinski definition) is 3. The molecule has 0 unspecified atom stereocenters. The number of carbonyl (C=O) groups excluding carboxylic acids is 1. The zero-order chi connectivity index (χ0) is 16.2. The minimum absolute atomic E-state index is 0.217. The lowest BCUT2D eigenvalue weighted by Gasteiger charge is -2.01. The topological polar surface area (TPSA) is 34.4 Å². The van der Waals surface area contributed by atoms with Crippen molar-refractivity contribution in [2.45, 2.75) is 11.4 Å². The van der Waals surface area contributed by atoms with Crippen molar-refractivity contribution in [1.82, 2.24) is 4.57 Å². The van der Waals surface area contributed by atoms with Gasteiger partial charge in [-0.1, -0.05) is 35.6 Å². The number of rotatable bonds is 4. The molecule has 1 aromatic heterocycles. The molecular formula is C18H16N2OS2. The van der Waals surface area contributed by atoms with Gasteiger partial charge >= 0.3 is 0 Å². The largest absolute Gasteiger partial charge is 0.312 e. The molecule has 2 aromatic carbocycles. The lowest BCUT2D eigenvalue weighted by Crippen LogP contribution is -2.16. The van der Waals surface area contributed by atoms with E-state index in [1.54, 1.807) is 17.8 Å². The zero-order valence-electron chi connectivity index (χ0n) is 12.7. The number of aromatic nitrogens is 1. The summed E-state index contributed by atoms with van der Waals surface area (Å²) in [5.74, 6) is -0.217. The molecule has 0 N–H and O–H groups in total. The van der Waals surface area contributed by atoms with Crippen molar-refractivity contribution >= 4 is 39.2 Å². The third-order valence-electron chi connectivity index (χ3n) is 3.41. The van der Waals surface area contributed by atoms with Gasteiger partial charge < -0.3 is 4.57 Å². The molecule has 1 amide bonds. The van der Waals surface area contributed by atoms with Gasteiger partial charge in [-0.25, -0.2) is 0 Å². The second kappa shape index (κ2) is 6.98. The number of allylic oxidation sites excluding steroid dienone is 1. The van der Waals surface area contributed by atoms with Crippen LogP contribution in [0.25, 0.3) is 10.2 Å². The standard InChI is InChI=1S/C18H16N2OS2/c1-3-11-20-15-9-4-5-10-16(15)23-18(20)19-17(21)13-7-6-8-14(12-13)22-2/h3-10,12H,1,11H2,2H3. The van der Waals surface area contributed by atoms with Crippen LogP contribution in [0.3, 0.4) is 0 Å². The van der Waals surface area contributed by atoms with Crippen molar-refractivity contribution in [2.24, 2.45) is 4.99 Å². The summed E-state index contributed by atoms with van der Waals surface area (Å²) in [7, 11) is 0. The van der Waals surface area contributed by atoms with Gasteiger partial charge in [-0.3, -0.25) is 4.79 Å². The lowest BCUT2D eigenvalue weighted by molar-refractivity contribution is 0.0997. The van der Waals surface area contributed by atoms with Gasteiger partial charge in [0.25, 0.3) is 5.91 Å². The van der Waals surface area contributed by atoms with Crippen LogP contribution in [0.15, 0.2) is 71.1 Å². The molecule has 5 heteroatoms. The van der Waals surface area contributed by atoms with Crippen LogP contribution in [-0.2, 0) is 6.54 Å². The SMILES string of the molecule is C=CCn1c(=NC(=O)c2cccc(SC)c2)sc2ccccc21. The van der Waals surface area contributed by atoms with Gasteiger partial charge in [0.1, 0.15) is 0 Å². The molecule has 3 rings (SSSR count). The van der Waals surface area contributed by atoms with Gasteiger partial charge in [0.2, 0.25) is 0 Å². The van der Waals surface area contributed by atoms with E-state index in [0.29, 0.717) is 16.9 Å². The van der Waals surface area contributed by atoms with Crippen molar-refractivity contribution in [3.8, 4) is 0 Å². The summed E-state index contributed by atoms with van der Waals surface area (Å²) >= 11 is 3.13. The lowest BCUT2D eigenvalue weighted by atomic mass is 10.2. The van der Waals surface area contributed by atoms with Gasteiger partial charge in [0, 0.05) is 17.0 Å². The van der Waals surface area contributed by atoms with E-state index >= 15 is 0 Å². The Labute approximate surface area is 143 Å². The Kier molecular flexibility index (Phi) is 4.79. The minimum atomic E-state index is -0.217. The van der Waals surface area contributed by atoms with E-state index in [1.165, 1.54) is 11.3 Å². The average Bonchev–Trinajstić information content (AvgIpc) is 2.93. The van der Waals surface area contributed by atoms with Crippen LogP contribution in [0.4, 0.5) is 0 Å². The van der Waals surface area contributed by atoms with Crippen molar-refractivity contribution in [3.63, 3.8) is 0 Å². The molecule has 0 saturated heterocycles. The van der Waals surface area contributed by atoms with Crippen LogP contribution in [0.1, 0.15) is 10.4 Å². The molecule has 0 spiro atoms. The summed E-state index contributed by atoms with van der Waals surface area (Å²) in [5, 5.41) is 0. The number of hydrogen-bond donors (Lipinski definition) is 0. The average molecular weight is 340 g/mol. The Morgan fingerprint density at radius 1 is 1.30 bits per heavy atom. The van der Waals surface area contributed by atoms with Crippen molar-refractivity contribution < 1.29 is 4.79 Å². The first-order valence-corrected chi connectivity index (χ1v) is 9.19. The first-order valence-electron chi connectivity index (χ1n) is 7.15. The monoisotopic (exact) mass is 340 g/mol. The van der Waals surface area contributed by atoms with E-state index < -0.39 is 0 Å². The normalized spacial score (nSPS) is 11.8. The van der Waals surface area contributed by atoms with Crippen LogP contribution in [0.5, 0.6) is 0 Å². The van der Waals surface area contributed by atoms with E-state index in [-0.39, 0.29) is 5.91 Å². The Bertz CT molecular complexity index is 937. The van der Waals surface area contributed by atoms with Gasteiger partial charge in [0.05, 0.1) is 10.2 Å². The molecule has 23 heavy (non-hydrogen) atoms. The molecule has 0 saturated carbocycles. The highest BCUT2D eigenvalue weighted by atomic mass is 32.2. The van der Waals surface area contributed by atoms with E-state index in [1.807, 2.05) is 59.4 Å². The summed E-state index contributed by atoms with van der Waals surface area (Å²) in [5.41, 5.74) is 1.68. The van der Waals surface area contributed by atoms with E-state index in [4.69, 9.17) is 0 Å². The molecule has 0 aliphatic heterocycles. The maximum atomic E-state index is 12.5. The number of para-hydroxylation sites is 1. The number of nitrogens with zero attached hydrogens (tertiary/aromatic N) is 2. The fraction of sp³-hybridized carbons (Fsp3) is 0.111. The molecule has 0 aliphatic carbocycles. The molecule has 116 valence electrons. The molecule has 0 aliphatic rings. The Morgan fingerprint density at radius 2 is 2.13 bits per heavy atom. The van der Waals surface area contributed by atoms with Crippen molar-refractivity contribution in [2.75, 3.05) is 6.26 Å². The molecule has 0 radical (unpaired) electrons. The molecule has 0 atom stereocenters. The summed E-state index contributed by atoms with van der Waals surface area (Å²) < 4.78 is 3.13. The zero-order valence-corrected chi connectivity index (χ0v) is 14.4. The quantitative estimate of drug-likeness (QED) is 0.523. The molecular weight excluding hydrogens is 324 g/mol. The Hall–Kier alpha value is -2.11. The highest BCUT2D eigenvalue weighted by molar-refractivity contribution is 7.98. The molecule has 0 fully saturated rings. The number of fused-ring (bicyclic) bond motifs is 1. The first-order chi connectivity index (χ1) is 11.2. The van der Waals surface area contributed by atoms with Gasteiger partial charge in [-0.2, -0.15) is 4.99 Å². The van der Waals surface area contributed by atoms with Crippen LogP contribution in [-0.4, -0.2) is 16.7 Å². The number of thiazole rings is 1. The molecule has 0 bridgehead atoms. The van der Waals surface area contributed by atoms with Gasteiger partial charge in [-0.05, 0) is 36.6 Å². The number of carbonyl (C=O) groups is 1. The Morgan fingerprint density at radius 3 is 2.91 bits per heavy atom. The van der Waals surface area contributed by atoms with Crippen LogP contribution >= 0.6 is 23.1 Å². The number of benzene rings is 2. The predicted octanol–water partition coefficient (Wildman–Crippen LogP) is 4.35. The van der Waals surface area contributed by atoms with E-state index in [9.17, 15) is 4.79 Å². The second-order valence-corrected chi connectivity index (χ2v) is 6.79. The van der Waals surface area contributed by atoms with Crippen LogP contribution in [0.2, 0.25) is 0 Å². The fourth-order valence-corrected chi connectivity index (χ4v) is 3.82. The molecule has 3 nitrogen and oxygen atoms in total. The smallest absolute Gasteiger partial charge is 0.279 e. The summed E-state index contributed by atoms with van der Waals surface area (Å²) in [6.45, 7) is 4.42. The number of amides is 1. The predicted molar refractivity (Wildman–Crippen MR) is 98.1 cm³/mol. The van der Waals surface area contributed by atoms with Gasteiger partial charge in [0.15, 0.2) is 4.80 Å². The highest BCUT2D eigenvalue weighted by Gasteiger charge is 2.08. The minimum Gasteiger partial charge on any atom is -0.312 e. The fourth-order valence-electron chi connectivity index (χ4n) is 2.32. The highest BCUT2D eigenvalue weighted by Crippen LogP contribution is 2.18. The molecule has 1 heterocycles. The third-order valence-corrected chi connectivity index (χ3v) is 5.20. The molecule has 3 aromatic rings. The van der Waals surface area contributed by atoms with E-state index in [2.05, 4.69) is 11.6 Å². The van der Waals surface area contributed by atoms with Crippen LogP contribution < -0.4 is 4.80 Å². The van der Waals surface area contributed by atoms with Gasteiger partial charge in [-0.15, -0.1) is 18.3 Å². The van der Waals surface area contributed by atoms with Crippen molar-refractivity contribution in [1.29, 1.82) is 0 Å². The first kappa shape index (κ1) is 15.8. The summed E-state index contributed by atoms with van der Waals surface area (Å²) in [6, 6.07) is 15.6. The second-order valence-electron chi connectivity index (χ2n) is 4.90. The van der Waals surface area contributed by atoms with Crippen LogP contribution in [0, 0.1) is 0 Å². The maximum absolute atomic E-state index is 12.5. The van der Waals surface area contributed by atoms with Crippen molar-refractivity contribution in [3.05, 3.63) is 71.6 Å². The summed E-state index contributed by atoms with van der Waals surface area (Å²) in [6.07, 6.45) is 3.81. The Balaban J connectivity index is 2.10. The van der Waals surface area contributed by atoms with E-state index in [0.717, 1.165) is 15.1 Å². The maximum Gasteiger partial charge on any atom is 0.279 e.